The molecule has 0 saturated carbocycles. The molecule has 0 aromatic carbocycles. The number of thioether (sulfide) groups is 1. The van der Waals surface area contributed by atoms with Gasteiger partial charge in [0.1, 0.15) is 0 Å². The SMILES string of the molecule is CCCNC(=O)CCCCC1CCSC1. The molecular weight excluding hydrogens is 206 g/mol. The molecule has 1 rings (SSSR count). The molecular formula is C12H23NOS. The minimum Gasteiger partial charge on any atom is -0.356 e. The molecule has 1 fully saturated rings. The van der Waals surface area contributed by atoms with Crippen molar-refractivity contribution in [3.05, 3.63) is 0 Å². The van der Waals surface area contributed by atoms with E-state index in [-0.39, 0.29) is 5.91 Å². The molecule has 0 aliphatic carbocycles. The van der Waals surface area contributed by atoms with Gasteiger partial charge in [-0.2, -0.15) is 11.8 Å². The molecule has 1 amide bonds. The van der Waals surface area contributed by atoms with Gasteiger partial charge in [-0.15, -0.1) is 0 Å². The van der Waals surface area contributed by atoms with Crippen LogP contribution in [0.25, 0.3) is 0 Å². The standard InChI is InChI=1S/C12H23NOS/c1-2-8-13-12(14)6-4-3-5-11-7-9-15-10-11/h11H,2-10H2,1H3,(H,13,14). The van der Waals surface area contributed by atoms with Crippen LogP contribution in [0.2, 0.25) is 0 Å². The van der Waals surface area contributed by atoms with Gasteiger partial charge in [0.2, 0.25) is 5.91 Å². The first-order valence-corrected chi connectivity index (χ1v) is 7.33. The van der Waals surface area contributed by atoms with Crippen LogP contribution in [-0.4, -0.2) is 24.0 Å². The number of nitrogens with one attached hydrogen (secondary N) is 1. The lowest BCUT2D eigenvalue weighted by Gasteiger charge is -2.07. The lowest BCUT2D eigenvalue weighted by molar-refractivity contribution is -0.121. The maximum absolute atomic E-state index is 11.3. The molecule has 1 atom stereocenters. The Balaban J connectivity index is 1.89. The van der Waals surface area contributed by atoms with Gasteiger partial charge in [0.15, 0.2) is 0 Å². The van der Waals surface area contributed by atoms with E-state index in [2.05, 4.69) is 24.0 Å². The van der Waals surface area contributed by atoms with Gasteiger partial charge in [-0.25, -0.2) is 0 Å². The molecule has 1 aliphatic rings. The molecule has 0 bridgehead atoms. The molecule has 0 radical (unpaired) electrons. The second kappa shape index (κ2) is 8.03. The Bertz CT molecular complexity index is 178. The van der Waals surface area contributed by atoms with Gasteiger partial charge in [0, 0.05) is 13.0 Å². The number of hydrogen-bond acceptors (Lipinski definition) is 2. The third-order valence-electron chi connectivity index (χ3n) is 2.86. The fourth-order valence-electron chi connectivity index (χ4n) is 1.88. The summed E-state index contributed by atoms with van der Waals surface area (Å²) in [5, 5.41) is 2.92. The Hall–Kier alpha value is -0.180. The number of unbranched alkanes of at least 4 members (excludes halogenated alkanes) is 1. The van der Waals surface area contributed by atoms with E-state index in [0.29, 0.717) is 0 Å². The van der Waals surface area contributed by atoms with Crippen molar-refractivity contribution in [1.29, 1.82) is 0 Å². The van der Waals surface area contributed by atoms with Crippen LogP contribution in [0.1, 0.15) is 45.4 Å². The van der Waals surface area contributed by atoms with Gasteiger partial charge in [-0.3, -0.25) is 4.79 Å². The Morgan fingerprint density at radius 1 is 1.47 bits per heavy atom. The summed E-state index contributed by atoms with van der Waals surface area (Å²) >= 11 is 2.08. The van der Waals surface area contributed by atoms with Crippen molar-refractivity contribution < 1.29 is 4.79 Å². The summed E-state index contributed by atoms with van der Waals surface area (Å²) in [5.41, 5.74) is 0. The highest BCUT2D eigenvalue weighted by Crippen LogP contribution is 2.27. The first kappa shape index (κ1) is 12.9. The van der Waals surface area contributed by atoms with Crippen LogP contribution in [0, 0.1) is 5.92 Å². The third kappa shape index (κ3) is 6.08. The fraction of sp³-hybridized carbons (Fsp3) is 0.917. The van der Waals surface area contributed by atoms with Crippen LogP contribution < -0.4 is 5.32 Å². The van der Waals surface area contributed by atoms with Gasteiger partial charge < -0.3 is 5.32 Å². The second-order valence-electron chi connectivity index (χ2n) is 4.33. The molecule has 1 heterocycles. The first-order valence-electron chi connectivity index (χ1n) is 6.17. The topological polar surface area (TPSA) is 29.1 Å². The molecule has 88 valence electrons. The summed E-state index contributed by atoms with van der Waals surface area (Å²) in [5.74, 6) is 3.87. The Kier molecular flexibility index (Phi) is 6.90. The van der Waals surface area contributed by atoms with E-state index in [4.69, 9.17) is 0 Å². The number of carbonyl (C=O) groups excluding carboxylic acids is 1. The highest BCUT2D eigenvalue weighted by molar-refractivity contribution is 7.99. The molecule has 1 saturated heterocycles. The lowest BCUT2D eigenvalue weighted by Crippen LogP contribution is -2.23. The minimum atomic E-state index is 0.234. The van der Waals surface area contributed by atoms with Crippen molar-refractivity contribution in [2.45, 2.75) is 45.4 Å². The van der Waals surface area contributed by atoms with E-state index in [1.165, 1.54) is 30.8 Å². The zero-order chi connectivity index (χ0) is 10.9. The number of hydrogen-bond donors (Lipinski definition) is 1. The Morgan fingerprint density at radius 2 is 2.33 bits per heavy atom. The molecule has 0 aromatic rings. The Morgan fingerprint density at radius 3 is 3.00 bits per heavy atom. The van der Waals surface area contributed by atoms with Crippen molar-refractivity contribution >= 4 is 17.7 Å². The van der Waals surface area contributed by atoms with Crippen molar-refractivity contribution in [1.82, 2.24) is 5.32 Å². The van der Waals surface area contributed by atoms with E-state index < -0.39 is 0 Å². The van der Waals surface area contributed by atoms with E-state index in [1.807, 2.05) is 0 Å². The van der Waals surface area contributed by atoms with Crippen LogP contribution in [0.5, 0.6) is 0 Å². The largest absolute Gasteiger partial charge is 0.356 e. The zero-order valence-corrected chi connectivity index (χ0v) is 10.6. The van der Waals surface area contributed by atoms with Crippen molar-refractivity contribution in [2.75, 3.05) is 18.1 Å². The molecule has 1 unspecified atom stereocenters. The van der Waals surface area contributed by atoms with Gasteiger partial charge in [0.05, 0.1) is 0 Å². The predicted octanol–water partition coefficient (Wildman–Crippen LogP) is 2.83. The summed E-state index contributed by atoms with van der Waals surface area (Å²) < 4.78 is 0. The van der Waals surface area contributed by atoms with Crippen molar-refractivity contribution in [3.8, 4) is 0 Å². The minimum absolute atomic E-state index is 0.234. The zero-order valence-electron chi connectivity index (χ0n) is 9.76. The monoisotopic (exact) mass is 229 g/mol. The summed E-state index contributed by atoms with van der Waals surface area (Å²) in [4.78, 5) is 11.3. The van der Waals surface area contributed by atoms with Gasteiger partial charge in [0.25, 0.3) is 0 Å². The summed E-state index contributed by atoms with van der Waals surface area (Å²) in [6.45, 7) is 2.91. The van der Waals surface area contributed by atoms with Crippen LogP contribution in [0.4, 0.5) is 0 Å². The predicted molar refractivity (Wildman–Crippen MR) is 67.2 cm³/mol. The van der Waals surface area contributed by atoms with Crippen LogP contribution in [0.3, 0.4) is 0 Å². The van der Waals surface area contributed by atoms with Gasteiger partial charge in [-0.1, -0.05) is 13.3 Å². The number of amides is 1. The molecule has 15 heavy (non-hydrogen) atoms. The van der Waals surface area contributed by atoms with E-state index >= 15 is 0 Å². The molecule has 0 spiro atoms. The van der Waals surface area contributed by atoms with E-state index in [1.54, 1.807) is 0 Å². The number of carbonyl (C=O) groups is 1. The quantitative estimate of drug-likeness (QED) is 0.680. The van der Waals surface area contributed by atoms with Crippen LogP contribution in [0.15, 0.2) is 0 Å². The summed E-state index contributed by atoms with van der Waals surface area (Å²) in [6.07, 6.45) is 6.77. The third-order valence-corrected chi connectivity index (χ3v) is 4.09. The van der Waals surface area contributed by atoms with Crippen LogP contribution in [-0.2, 0) is 4.79 Å². The number of rotatable bonds is 7. The Labute approximate surface area is 97.6 Å². The van der Waals surface area contributed by atoms with E-state index in [9.17, 15) is 4.79 Å². The first-order chi connectivity index (χ1) is 7.33. The average molecular weight is 229 g/mol. The maximum Gasteiger partial charge on any atom is 0.219 e. The summed E-state index contributed by atoms with van der Waals surface area (Å²) in [6, 6.07) is 0. The lowest BCUT2D eigenvalue weighted by atomic mass is 10.0. The molecule has 1 aliphatic heterocycles. The highest BCUT2D eigenvalue weighted by atomic mass is 32.2. The van der Waals surface area contributed by atoms with E-state index in [0.717, 1.165) is 31.7 Å². The molecule has 1 N–H and O–H groups in total. The smallest absolute Gasteiger partial charge is 0.219 e. The molecule has 2 nitrogen and oxygen atoms in total. The molecule has 0 aromatic heterocycles. The maximum atomic E-state index is 11.3. The summed E-state index contributed by atoms with van der Waals surface area (Å²) in [7, 11) is 0. The fourth-order valence-corrected chi connectivity index (χ4v) is 3.22. The van der Waals surface area contributed by atoms with Crippen LogP contribution >= 0.6 is 11.8 Å². The van der Waals surface area contributed by atoms with Crippen molar-refractivity contribution in [2.24, 2.45) is 5.92 Å². The highest BCUT2D eigenvalue weighted by Gasteiger charge is 2.14. The van der Waals surface area contributed by atoms with Crippen molar-refractivity contribution in [3.63, 3.8) is 0 Å². The normalized spacial score (nSPS) is 20.5. The van der Waals surface area contributed by atoms with Gasteiger partial charge >= 0.3 is 0 Å². The average Bonchev–Trinajstić information content (AvgIpc) is 2.74. The van der Waals surface area contributed by atoms with Gasteiger partial charge in [-0.05, 0) is 43.1 Å². The second-order valence-corrected chi connectivity index (χ2v) is 5.48. The molecule has 3 heteroatoms.